The first kappa shape index (κ1) is 26.3. The summed E-state index contributed by atoms with van der Waals surface area (Å²) < 4.78 is 6.12. The van der Waals surface area contributed by atoms with E-state index in [4.69, 9.17) is 24.5 Å². The largest absolute Gasteiger partial charge is 0.473 e. The molecule has 3 N–H and O–H groups in total. The molecule has 1 atom stereocenters. The summed E-state index contributed by atoms with van der Waals surface area (Å²) in [5, 5.41) is 25.1. The monoisotopic (exact) mass is 431 g/mol. The highest BCUT2D eigenvalue weighted by molar-refractivity contribution is 6.27. The molecule has 0 spiro atoms. The second-order valence-electron chi connectivity index (χ2n) is 7.08. The van der Waals surface area contributed by atoms with E-state index >= 15 is 0 Å². The highest BCUT2D eigenvalue weighted by Crippen LogP contribution is 2.13. The molecule has 170 valence electrons. The van der Waals surface area contributed by atoms with Crippen molar-refractivity contribution in [2.24, 2.45) is 0 Å². The molecule has 2 rings (SSSR count). The standard InChI is InChI=1S/C22H31NO2.C2H2O4/c1-3-23(4-2)17-21(24)18-25-22(15-19-11-7-5-8-12-19)16-20-13-9-6-10-14-20;3-1(4)2(5)6/h5-14,21-22,24H,3-4,15-18H2,1-2H3;(H,3,4)(H,5,6). The number of ether oxygens (including phenoxy) is 1. The maximum atomic E-state index is 10.3. The van der Waals surface area contributed by atoms with Gasteiger partial charge in [-0.3, -0.25) is 0 Å². The van der Waals surface area contributed by atoms with Gasteiger partial charge in [-0.25, -0.2) is 9.59 Å². The Kier molecular flexibility index (Phi) is 12.8. The van der Waals surface area contributed by atoms with Crippen LogP contribution in [0.5, 0.6) is 0 Å². The third-order valence-corrected chi connectivity index (χ3v) is 4.68. The fourth-order valence-electron chi connectivity index (χ4n) is 3.02. The molecule has 2 aromatic rings. The topological polar surface area (TPSA) is 107 Å². The summed E-state index contributed by atoms with van der Waals surface area (Å²) in [6.07, 6.45) is 1.33. The quantitative estimate of drug-likeness (QED) is 0.470. The highest BCUT2D eigenvalue weighted by Gasteiger charge is 2.15. The number of rotatable bonds is 11. The Morgan fingerprint density at radius 2 is 1.26 bits per heavy atom. The molecule has 0 aliphatic rings. The van der Waals surface area contributed by atoms with Gasteiger partial charge in [0.1, 0.15) is 0 Å². The number of nitrogens with zero attached hydrogens (tertiary/aromatic N) is 1. The number of likely N-dealkylation sites (N-methyl/N-ethyl adjacent to an activating group) is 1. The summed E-state index contributed by atoms with van der Waals surface area (Å²) in [6.45, 7) is 7.17. The van der Waals surface area contributed by atoms with Gasteiger partial charge in [-0.05, 0) is 37.1 Å². The molecule has 2 aromatic carbocycles. The zero-order valence-corrected chi connectivity index (χ0v) is 18.2. The minimum atomic E-state index is -1.82. The van der Waals surface area contributed by atoms with E-state index in [2.05, 4.69) is 67.3 Å². The molecule has 0 heterocycles. The zero-order valence-electron chi connectivity index (χ0n) is 18.2. The van der Waals surface area contributed by atoms with Crippen LogP contribution in [0.1, 0.15) is 25.0 Å². The SMILES string of the molecule is CCN(CC)CC(O)COC(Cc1ccccc1)Cc1ccccc1.O=C(O)C(=O)O. The summed E-state index contributed by atoms with van der Waals surface area (Å²) >= 11 is 0. The minimum absolute atomic E-state index is 0.0659. The van der Waals surface area contributed by atoms with Crippen LogP contribution in [0.15, 0.2) is 60.7 Å². The Balaban J connectivity index is 0.000000703. The zero-order chi connectivity index (χ0) is 23.1. The Morgan fingerprint density at radius 1 is 0.839 bits per heavy atom. The minimum Gasteiger partial charge on any atom is -0.473 e. The fourth-order valence-corrected chi connectivity index (χ4v) is 3.02. The van der Waals surface area contributed by atoms with Crippen molar-refractivity contribution in [3.8, 4) is 0 Å². The predicted molar refractivity (Wildman–Crippen MR) is 119 cm³/mol. The molecule has 0 aromatic heterocycles. The normalized spacial score (nSPS) is 11.6. The van der Waals surface area contributed by atoms with Crippen LogP contribution in [0.25, 0.3) is 0 Å². The summed E-state index contributed by atoms with van der Waals surface area (Å²) in [4.78, 5) is 20.4. The lowest BCUT2D eigenvalue weighted by Gasteiger charge is -2.24. The second kappa shape index (κ2) is 15.1. The van der Waals surface area contributed by atoms with Crippen molar-refractivity contribution >= 4 is 11.9 Å². The van der Waals surface area contributed by atoms with Gasteiger partial charge in [0.05, 0.1) is 18.8 Å². The van der Waals surface area contributed by atoms with E-state index in [1.165, 1.54) is 11.1 Å². The van der Waals surface area contributed by atoms with E-state index in [0.29, 0.717) is 13.2 Å². The van der Waals surface area contributed by atoms with Crippen LogP contribution >= 0.6 is 0 Å². The van der Waals surface area contributed by atoms with Crippen LogP contribution in [0.3, 0.4) is 0 Å². The van der Waals surface area contributed by atoms with E-state index in [9.17, 15) is 5.11 Å². The Bertz CT molecular complexity index is 696. The number of aliphatic carboxylic acids is 2. The van der Waals surface area contributed by atoms with Gasteiger partial charge in [0.25, 0.3) is 0 Å². The molecule has 0 amide bonds. The van der Waals surface area contributed by atoms with E-state index in [0.717, 1.165) is 25.9 Å². The first-order valence-corrected chi connectivity index (χ1v) is 10.4. The van der Waals surface area contributed by atoms with Crippen LogP contribution in [-0.4, -0.2) is 70.6 Å². The molecular formula is C24H33NO6. The molecule has 7 heteroatoms. The number of carbonyl (C=O) groups is 2. The first-order chi connectivity index (χ1) is 14.8. The lowest BCUT2D eigenvalue weighted by Crippen LogP contribution is -2.36. The molecule has 31 heavy (non-hydrogen) atoms. The average Bonchev–Trinajstić information content (AvgIpc) is 2.77. The van der Waals surface area contributed by atoms with Crippen LogP contribution in [0.4, 0.5) is 0 Å². The molecule has 1 unspecified atom stereocenters. The van der Waals surface area contributed by atoms with Crippen LogP contribution in [-0.2, 0) is 27.2 Å². The van der Waals surface area contributed by atoms with E-state index in [1.807, 2.05) is 12.1 Å². The molecular weight excluding hydrogens is 398 g/mol. The van der Waals surface area contributed by atoms with Gasteiger partial charge in [-0.2, -0.15) is 0 Å². The van der Waals surface area contributed by atoms with Crippen LogP contribution in [0.2, 0.25) is 0 Å². The number of aliphatic hydroxyl groups excluding tert-OH is 1. The van der Waals surface area contributed by atoms with Crippen LogP contribution in [0, 0.1) is 0 Å². The Labute approximate surface area is 183 Å². The maximum absolute atomic E-state index is 10.3. The number of benzene rings is 2. The lowest BCUT2D eigenvalue weighted by molar-refractivity contribution is -0.159. The van der Waals surface area contributed by atoms with Crippen molar-refractivity contribution in [2.75, 3.05) is 26.2 Å². The lowest BCUT2D eigenvalue weighted by atomic mass is 10.0. The smallest absolute Gasteiger partial charge is 0.414 e. The van der Waals surface area contributed by atoms with Gasteiger partial charge in [0, 0.05) is 6.54 Å². The Morgan fingerprint density at radius 3 is 1.61 bits per heavy atom. The number of hydrogen-bond donors (Lipinski definition) is 3. The summed E-state index contributed by atoms with van der Waals surface area (Å²) in [5.74, 6) is -3.65. The van der Waals surface area contributed by atoms with Crippen molar-refractivity contribution in [1.29, 1.82) is 0 Å². The number of hydrogen-bond acceptors (Lipinski definition) is 5. The molecule has 0 saturated carbocycles. The van der Waals surface area contributed by atoms with E-state index in [1.54, 1.807) is 0 Å². The maximum Gasteiger partial charge on any atom is 0.414 e. The van der Waals surface area contributed by atoms with Gasteiger partial charge >= 0.3 is 11.9 Å². The molecule has 7 nitrogen and oxygen atoms in total. The first-order valence-electron chi connectivity index (χ1n) is 10.4. The average molecular weight is 432 g/mol. The van der Waals surface area contributed by atoms with Gasteiger partial charge in [0.2, 0.25) is 0 Å². The van der Waals surface area contributed by atoms with Gasteiger partial charge in [-0.1, -0.05) is 74.5 Å². The van der Waals surface area contributed by atoms with Crippen molar-refractivity contribution in [3.63, 3.8) is 0 Å². The summed E-state index contributed by atoms with van der Waals surface area (Å²) in [5.41, 5.74) is 2.53. The van der Waals surface area contributed by atoms with Gasteiger partial charge < -0.3 is 25.0 Å². The third kappa shape index (κ3) is 11.9. The number of aliphatic hydroxyl groups is 1. The van der Waals surface area contributed by atoms with Crippen molar-refractivity contribution in [3.05, 3.63) is 71.8 Å². The predicted octanol–water partition coefficient (Wildman–Crippen LogP) is 2.72. The molecule has 0 aliphatic carbocycles. The van der Waals surface area contributed by atoms with E-state index < -0.39 is 18.0 Å². The number of carboxylic acids is 2. The molecule has 0 saturated heterocycles. The molecule has 0 bridgehead atoms. The molecule has 0 radical (unpaired) electrons. The van der Waals surface area contributed by atoms with Crippen molar-refractivity contribution < 1.29 is 29.6 Å². The van der Waals surface area contributed by atoms with Crippen molar-refractivity contribution in [1.82, 2.24) is 4.90 Å². The molecule has 0 aliphatic heterocycles. The highest BCUT2D eigenvalue weighted by atomic mass is 16.5. The fraction of sp³-hybridized carbons (Fsp3) is 0.417. The summed E-state index contributed by atoms with van der Waals surface area (Å²) in [7, 11) is 0. The third-order valence-electron chi connectivity index (χ3n) is 4.68. The van der Waals surface area contributed by atoms with Crippen LogP contribution < -0.4 is 0 Å². The van der Waals surface area contributed by atoms with Gasteiger partial charge in [-0.15, -0.1) is 0 Å². The van der Waals surface area contributed by atoms with Crippen molar-refractivity contribution in [2.45, 2.75) is 38.9 Å². The van der Waals surface area contributed by atoms with Gasteiger partial charge in [0.15, 0.2) is 0 Å². The second-order valence-corrected chi connectivity index (χ2v) is 7.08. The number of carboxylic acid groups (broad SMARTS) is 2. The van der Waals surface area contributed by atoms with E-state index in [-0.39, 0.29) is 6.10 Å². The Hall–Kier alpha value is -2.74. The molecule has 0 fully saturated rings. The summed E-state index contributed by atoms with van der Waals surface area (Å²) in [6, 6.07) is 20.8.